The zero-order valence-corrected chi connectivity index (χ0v) is 15.4. The highest BCUT2D eigenvalue weighted by molar-refractivity contribution is 6.01. The molecule has 0 radical (unpaired) electrons. The SMILES string of the molecule is COc1ccc(C2Oc3ccccc3C3CC(c4ccc(F)cc4)=NN32)cc1. The largest absolute Gasteiger partial charge is 0.497 e. The Kier molecular flexibility index (Phi) is 4.01. The summed E-state index contributed by atoms with van der Waals surface area (Å²) in [6, 6.07) is 22.5. The summed E-state index contributed by atoms with van der Waals surface area (Å²) in [4.78, 5) is 0. The van der Waals surface area contributed by atoms with Crippen LogP contribution in [0.5, 0.6) is 11.5 Å². The molecule has 0 spiro atoms. The number of methoxy groups -OCH3 is 1. The Hall–Kier alpha value is -3.34. The summed E-state index contributed by atoms with van der Waals surface area (Å²) in [6.07, 6.45) is 0.419. The van der Waals surface area contributed by atoms with Crippen molar-refractivity contribution in [2.24, 2.45) is 5.10 Å². The molecule has 0 N–H and O–H groups in total. The van der Waals surface area contributed by atoms with Gasteiger partial charge in [0, 0.05) is 17.5 Å². The smallest absolute Gasteiger partial charge is 0.213 e. The highest BCUT2D eigenvalue weighted by Crippen LogP contribution is 2.47. The molecule has 3 aromatic rings. The molecule has 0 bridgehead atoms. The Balaban J connectivity index is 1.56. The fraction of sp³-hybridized carbons (Fsp3) is 0.174. The van der Waals surface area contributed by atoms with Crippen molar-refractivity contribution in [2.75, 3.05) is 7.11 Å². The summed E-state index contributed by atoms with van der Waals surface area (Å²) in [6.45, 7) is 0. The van der Waals surface area contributed by atoms with Gasteiger partial charge < -0.3 is 9.47 Å². The van der Waals surface area contributed by atoms with E-state index in [4.69, 9.17) is 14.6 Å². The van der Waals surface area contributed by atoms with Crippen LogP contribution in [0.3, 0.4) is 0 Å². The Morgan fingerprint density at radius 1 is 1.00 bits per heavy atom. The molecule has 2 heterocycles. The molecule has 3 aromatic carbocycles. The van der Waals surface area contributed by atoms with Gasteiger partial charge in [0.05, 0.1) is 18.9 Å². The lowest BCUT2D eigenvalue weighted by Gasteiger charge is -2.38. The third-order valence-corrected chi connectivity index (χ3v) is 5.28. The van der Waals surface area contributed by atoms with Crippen molar-refractivity contribution < 1.29 is 13.9 Å². The number of ether oxygens (including phenoxy) is 2. The molecule has 0 aromatic heterocycles. The van der Waals surface area contributed by atoms with Crippen LogP contribution in [0.2, 0.25) is 0 Å². The second-order valence-electron chi connectivity index (χ2n) is 6.93. The standard InChI is InChI=1S/C23H19FN2O2/c1-27-18-12-8-16(9-13-18)23-26-21(19-4-2-3-5-22(19)28-23)14-20(25-26)15-6-10-17(24)11-7-15/h2-13,21,23H,14H2,1H3. The van der Waals surface area contributed by atoms with E-state index in [9.17, 15) is 4.39 Å². The minimum atomic E-state index is -0.330. The second kappa shape index (κ2) is 6.68. The predicted octanol–water partition coefficient (Wildman–Crippen LogP) is 5.08. The maximum atomic E-state index is 13.3. The van der Waals surface area contributed by atoms with E-state index in [0.717, 1.165) is 40.3 Å². The van der Waals surface area contributed by atoms with Crippen molar-refractivity contribution in [2.45, 2.75) is 18.7 Å². The highest BCUT2D eigenvalue weighted by atomic mass is 19.1. The van der Waals surface area contributed by atoms with Gasteiger partial charge in [-0.25, -0.2) is 9.40 Å². The summed E-state index contributed by atoms with van der Waals surface area (Å²) >= 11 is 0. The molecule has 0 amide bonds. The van der Waals surface area contributed by atoms with E-state index in [-0.39, 0.29) is 18.1 Å². The fourth-order valence-corrected chi connectivity index (χ4v) is 3.84. The number of benzene rings is 3. The third-order valence-electron chi connectivity index (χ3n) is 5.28. The van der Waals surface area contributed by atoms with E-state index in [1.165, 1.54) is 12.1 Å². The maximum Gasteiger partial charge on any atom is 0.213 e. The lowest BCUT2D eigenvalue weighted by atomic mass is 9.96. The molecule has 0 saturated heterocycles. The molecular weight excluding hydrogens is 355 g/mol. The van der Waals surface area contributed by atoms with Gasteiger partial charge in [-0.2, -0.15) is 5.10 Å². The van der Waals surface area contributed by atoms with E-state index in [1.807, 2.05) is 47.5 Å². The van der Waals surface area contributed by atoms with Gasteiger partial charge in [0.25, 0.3) is 0 Å². The first-order chi connectivity index (χ1) is 13.7. The number of hydrogen-bond donors (Lipinski definition) is 0. The molecule has 2 unspecified atom stereocenters. The Morgan fingerprint density at radius 2 is 1.75 bits per heavy atom. The molecule has 0 saturated carbocycles. The number of hydrazone groups is 1. The van der Waals surface area contributed by atoms with E-state index in [2.05, 4.69) is 6.07 Å². The molecule has 140 valence electrons. The van der Waals surface area contributed by atoms with Gasteiger partial charge in [0.2, 0.25) is 6.23 Å². The zero-order chi connectivity index (χ0) is 19.1. The second-order valence-corrected chi connectivity index (χ2v) is 6.93. The quantitative estimate of drug-likeness (QED) is 0.641. The van der Waals surface area contributed by atoms with E-state index >= 15 is 0 Å². The first-order valence-electron chi connectivity index (χ1n) is 9.24. The number of rotatable bonds is 3. The Bertz CT molecular complexity index is 1030. The average Bonchev–Trinajstić information content (AvgIpc) is 3.19. The van der Waals surface area contributed by atoms with Crippen LogP contribution in [0.25, 0.3) is 0 Å². The first-order valence-corrected chi connectivity index (χ1v) is 9.24. The van der Waals surface area contributed by atoms with Crippen LogP contribution in [0.1, 0.15) is 35.4 Å². The number of nitrogens with zero attached hydrogens (tertiary/aromatic N) is 2. The number of para-hydroxylation sites is 1. The summed E-state index contributed by atoms with van der Waals surface area (Å²) in [5.74, 6) is 1.43. The summed E-state index contributed by atoms with van der Waals surface area (Å²) < 4.78 is 24.9. The molecule has 0 fully saturated rings. The van der Waals surface area contributed by atoms with Crippen LogP contribution >= 0.6 is 0 Å². The highest BCUT2D eigenvalue weighted by Gasteiger charge is 2.40. The van der Waals surface area contributed by atoms with Crippen molar-refractivity contribution in [1.29, 1.82) is 0 Å². The molecule has 28 heavy (non-hydrogen) atoms. The van der Waals surface area contributed by atoms with E-state index in [1.54, 1.807) is 19.2 Å². The maximum absolute atomic E-state index is 13.3. The molecular formula is C23H19FN2O2. The van der Waals surface area contributed by atoms with Gasteiger partial charge in [0.1, 0.15) is 17.3 Å². The van der Waals surface area contributed by atoms with Crippen LogP contribution in [-0.2, 0) is 0 Å². The van der Waals surface area contributed by atoms with Crippen LogP contribution < -0.4 is 9.47 Å². The van der Waals surface area contributed by atoms with Crippen LogP contribution in [0.15, 0.2) is 77.9 Å². The van der Waals surface area contributed by atoms with Gasteiger partial charge >= 0.3 is 0 Å². The summed E-state index contributed by atoms with van der Waals surface area (Å²) in [5, 5.41) is 6.90. The van der Waals surface area contributed by atoms with Crippen molar-refractivity contribution in [3.05, 3.63) is 95.3 Å². The van der Waals surface area contributed by atoms with Crippen LogP contribution in [0, 0.1) is 5.82 Å². The molecule has 2 atom stereocenters. The topological polar surface area (TPSA) is 34.1 Å². The number of halogens is 1. The minimum Gasteiger partial charge on any atom is -0.497 e. The lowest BCUT2D eigenvalue weighted by molar-refractivity contribution is -0.0190. The fourth-order valence-electron chi connectivity index (χ4n) is 3.84. The normalized spacial score (nSPS) is 20.1. The molecule has 4 nitrogen and oxygen atoms in total. The van der Waals surface area contributed by atoms with Gasteiger partial charge in [-0.05, 0) is 48.0 Å². The van der Waals surface area contributed by atoms with Gasteiger partial charge in [-0.1, -0.05) is 30.3 Å². The zero-order valence-electron chi connectivity index (χ0n) is 15.4. The third kappa shape index (κ3) is 2.80. The molecule has 2 aliphatic rings. The predicted molar refractivity (Wildman–Crippen MR) is 105 cm³/mol. The Labute approximate surface area is 162 Å². The monoisotopic (exact) mass is 374 g/mol. The van der Waals surface area contributed by atoms with Gasteiger partial charge in [0.15, 0.2) is 0 Å². The molecule has 0 aliphatic carbocycles. The van der Waals surface area contributed by atoms with Crippen LogP contribution in [0.4, 0.5) is 4.39 Å². The van der Waals surface area contributed by atoms with E-state index in [0.29, 0.717) is 0 Å². The van der Waals surface area contributed by atoms with Crippen LogP contribution in [-0.4, -0.2) is 17.8 Å². The van der Waals surface area contributed by atoms with Gasteiger partial charge in [-0.3, -0.25) is 0 Å². The number of hydrogen-bond acceptors (Lipinski definition) is 4. The number of fused-ring (bicyclic) bond motifs is 3. The minimum absolute atomic E-state index is 0.0807. The molecule has 5 heteroatoms. The first kappa shape index (κ1) is 16.8. The summed E-state index contributed by atoms with van der Waals surface area (Å²) in [7, 11) is 1.65. The van der Waals surface area contributed by atoms with Crippen molar-refractivity contribution >= 4 is 5.71 Å². The molecule has 2 aliphatic heterocycles. The Morgan fingerprint density at radius 3 is 2.50 bits per heavy atom. The van der Waals surface area contributed by atoms with Gasteiger partial charge in [-0.15, -0.1) is 0 Å². The lowest BCUT2D eigenvalue weighted by Crippen LogP contribution is -2.33. The average molecular weight is 374 g/mol. The van der Waals surface area contributed by atoms with E-state index < -0.39 is 0 Å². The van der Waals surface area contributed by atoms with Crippen molar-refractivity contribution in [3.8, 4) is 11.5 Å². The van der Waals surface area contributed by atoms with Crippen molar-refractivity contribution in [3.63, 3.8) is 0 Å². The van der Waals surface area contributed by atoms with Crippen molar-refractivity contribution in [1.82, 2.24) is 5.01 Å². The summed E-state index contributed by atoms with van der Waals surface area (Å²) in [5.41, 5.74) is 3.99. The molecule has 5 rings (SSSR count).